The minimum absolute atomic E-state index is 0.0400. The molecule has 2 heterocycles. The lowest BCUT2D eigenvalue weighted by atomic mass is 9.65. The van der Waals surface area contributed by atoms with E-state index in [1.807, 2.05) is 20.8 Å². The van der Waals surface area contributed by atoms with Crippen LogP contribution in [0.2, 0.25) is 0 Å². The first-order valence-electron chi connectivity index (χ1n) is 10.2. The Morgan fingerprint density at radius 2 is 1.84 bits per heavy atom. The van der Waals surface area contributed by atoms with E-state index < -0.39 is 17.3 Å². The van der Waals surface area contributed by atoms with Gasteiger partial charge in [-0.25, -0.2) is 4.98 Å². The molecule has 0 N–H and O–H groups in total. The molecule has 0 atom stereocenters. The van der Waals surface area contributed by atoms with Gasteiger partial charge in [-0.1, -0.05) is 12.1 Å². The Morgan fingerprint density at radius 3 is 2.35 bits per heavy atom. The van der Waals surface area contributed by atoms with E-state index in [2.05, 4.69) is 4.98 Å². The highest BCUT2D eigenvalue weighted by molar-refractivity contribution is 5.99. The summed E-state index contributed by atoms with van der Waals surface area (Å²) in [6.07, 6.45) is -2.12. The van der Waals surface area contributed by atoms with Gasteiger partial charge in [0.25, 0.3) is 0 Å². The molecule has 2 aliphatic rings. The van der Waals surface area contributed by atoms with Crippen molar-refractivity contribution < 1.29 is 27.2 Å². The monoisotopic (exact) mass is 435 g/mol. The first-order valence-corrected chi connectivity index (χ1v) is 10.2. The van der Waals surface area contributed by atoms with E-state index in [0.717, 1.165) is 17.8 Å². The molecule has 1 spiro atoms. The molecule has 2 fully saturated rings. The molecule has 0 bridgehead atoms. The second-order valence-electron chi connectivity index (χ2n) is 8.67. The van der Waals surface area contributed by atoms with Crippen molar-refractivity contribution in [2.24, 2.45) is 0 Å². The largest absolute Gasteiger partial charge is 0.448 e. The van der Waals surface area contributed by atoms with E-state index in [1.54, 1.807) is 11.2 Å². The summed E-state index contributed by atoms with van der Waals surface area (Å²) in [5.41, 5.74) is -0.495. The summed E-state index contributed by atoms with van der Waals surface area (Å²) in [4.78, 5) is 33.9. The normalized spacial score (nSPS) is 24.3. The van der Waals surface area contributed by atoms with Crippen LogP contribution in [0.4, 0.5) is 13.2 Å². The molecule has 4 rings (SSSR count). The molecule has 1 aliphatic carbocycles. The summed E-state index contributed by atoms with van der Waals surface area (Å²) < 4.78 is 44.1. The fourth-order valence-electron chi connectivity index (χ4n) is 4.45. The molecular weight excluding hydrogens is 411 g/mol. The first-order chi connectivity index (χ1) is 14.5. The van der Waals surface area contributed by atoms with Crippen molar-refractivity contribution in [2.45, 2.75) is 63.8 Å². The molecule has 9 heteroatoms. The standard InChI is InChI=1S/C22H24F3N3O3/c1-13(2)27-11-18(29)28(10-15-4-6-17(7-5-15)22(23,24)25)21(20(27)30)8-16(9-21)19-26-14(3)12-31-19/h4-7,12-13,16H,8-11H2,1-3H3/t16-,21-. The number of oxazole rings is 1. The number of alkyl halides is 3. The predicted molar refractivity (Wildman–Crippen MR) is 105 cm³/mol. The molecule has 1 aromatic heterocycles. The van der Waals surface area contributed by atoms with Gasteiger partial charge in [-0.15, -0.1) is 0 Å². The van der Waals surface area contributed by atoms with Crippen LogP contribution in [-0.2, 0) is 22.3 Å². The number of amides is 2. The van der Waals surface area contributed by atoms with Crippen molar-refractivity contribution >= 4 is 11.8 Å². The smallest absolute Gasteiger partial charge is 0.416 e. The lowest BCUT2D eigenvalue weighted by Gasteiger charge is -2.57. The number of benzene rings is 1. The van der Waals surface area contributed by atoms with Gasteiger partial charge in [0.1, 0.15) is 18.3 Å². The average Bonchev–Trinajstić information content (AvgIpc) is 3.08. The van der Waals surface area contributed by atoms with Crippen LogP contribution in [-0.4, -0.2) is 44.7 Å². The van der Waals surface area contributed by atoms with Gasteiger partial charge in [0.15, 0.2) is 5.89 Å². The topological polar surface area (TPSA) is 66.7 Å². The predicted octanol–water partition coefficient (Wildman–Crippen LogP) is 3.90. The quantitative estimate of drug-likeness (QED) is 0.731. The van der Waals surface area contributed by atoms with Crippen molar-refractivity contribution in [1.82, 2.24) is 14.8 Å². The Bertz CT molecular complexity index is 991. The van der Waals surface area contributed by atoms with Crippen LogP contribution < -0.4 is 0 Å². The Hall–Kier alpha value is -2.84. The van der Waals surface area contributed by atoms with Crippen molar-refractivity contribution in [3.63, 3.8) is 0 Å². The van der Waals surface area contributed by atoms with Crippen LogP contribution in [0.3, 0.4) is 0 Å². The second kappa shape index (κ2) is 7.39. The van der Waals surface area contributed by atoms with E-state index >= 15 is 0 Å². The van der Waals surface area contributed by atoms with E-state index in [0.29, 0.717) is 24.3 Å². The number of nitrogens with zero attached hydrogens (tertiary/aromatic N) is 3. The van der Waals surface area contributed by atoms with Gasteiger partial charge in [-0.2, -0.15) is 13.2 Å². The van der Waals surface area contributed by atoms with Crippen LogP contribution >= 0.6 is 0 Å². The highest BCUT2D eigenvalue weighted by Crippen LogP contribution is 2.51. The number of hydrogen-bond donors (Lipinski definition) is 0. The zero-order valence-corrected chi connectivity index (χ0v) is 17.6. The third kappa shape index (κ3) is 3.70. The summed E-state index contributed by atoms with van der Waals surface area (Å²) in [7, 11) is 0. The Labute approximate surface area is 178 Å². The van der Waals surface area contributed by atoms with Crippen LogP contribution in [0, 0.1) is 6.92 Å². The highest BCUT2D eigenvalue weighted by atomic mass is 19.4. The van der Waals surface area contributed by atoms with E-state index in [1.165, 1.54) is 17.0 Å². The van der Waals surface area contributed by atoms with Crippen LogP contribution in [0.5, 0.6) is 0 Å². The molecule has 0 unspecified atom stereocenters. The third-order valence-electron chi connectivity index (χ3n) is 6.18. The van der Waals surface area contributed by atoms with Crippen molar-refractivity contribution in [1.29, 1.82) is 0 Å². The van der Waals surface area contributed by atoms with Crippen LogP contribution in [0.1, 0.15) is 55.3 Å². The van der Waals surface area contributed by atoms with Crippen molar-refractivity contribution in [2.75, 3.05) is 6.54 Å². The Kier molecular flexibility index (Phi) is 5.10. The number of aryl methyl sites for hydroxylation is 1. The maximum Gasteiger partial charge on any atom is 0.416 e. The average molecular weight is 435 g/mol. The summed E-state index contributed by atoms with van der Waals surface area (Å²) >= 11 is 0. The number of carbonyl (C=O) groups excluding carboxylic acids is 2. The molecule has 1 saturated carbocycles. The first kappa shape index (κ1) is 21.4. The van der Waals surface area contributed by atoms with Gasteiger partial charge in [-0.05, 0) is 51.3 Å². The molecule has 6 nitrogen and oxygen atoms in total. The summed E-state index contributed by atoms with van der Waals surface area (Å²) in [5, 5.41) is 0. The molecule has 1 aliphatic heterocycles. The number of aromatic nitrogens is 1. The van der Waals surface area contributed by atoms with Gasteiger partial charge in [-0.3, -0.25) is 9.59 Å². The molecule has 31 heavy (non-hydrogen) atoms. The third-order valence-corrected chi connectivity index (χ3v) is 6.18. The number of rotatable bonds is 4. The molecule has 0 radical (unpaired) electrons. The van der Waals surface area contributed by atoms with Gasteiger partial charge >= 0.3 is 6.18 Å². The summed E-state index contributed by atoms with van der Waals surface area (Å²) in [5.74, 6) is 0.107. The number of hydrogen-bond acceptors (Lipinski definition) is 4. The zero-order valence-electron chi connectivity index (χ0n) is 17.6. The Balaban J connectivity index is 1.61. The fraction of sp³-hybridized carbons (Fsp3) is 0.500. The molecule has 166 valence electrons. The van der Waals surface area contributed by atoms with E-state index in [9.17, 15) is 22.8 Å². The minimum atomic E-state index is -4.43. The number of carbonyl (C=O) groups is 2. The molecular formula is C22H24F3N3O3. The van der Waals surface area contributed by atoms with Gasteiger partial charge < -0.3 is 14.2 Å². The molecule has 2 aromatic rings. The molecule has 1 aromatic carbocycles. The maximum atomic E-state index is 13.4. The van der Waals surface area contributed by atoms with Gasteiger partial charge in [0.05, 0.1) is 11.3 Å². The molecule has 1 saturated heterocycles. The zero-order chi connectivity index (χ0) is 22.6. The SMILES string of the molecule is Cc1coc([C@H]2C[C@]3(C2)C(=O)N(C(C)C)CC(=O)N3Cc2ccc(C(F)(F)F)cc2)n1. The van der Waals surface area contributed by atoms with Gasteiger partial charge in [0, 0.05) is 18.5 Å². The second-order valence-corrected chi connectivity index (χ2v) is 8.67. The lowest BCUT2D eigenvalue weighted by Crippen LogP contribution is -2.72. The lowest BCUT2D eigenvalue weighted by molar-refractivity contribution is -0.176. The van der Waals surface area contributed by atoms with E-state index in [4.69, 9.17) is 4.42 Å². The number of halogens is 3. The van der Waals surface area contributed by atoms with Crippen LogP contribution in [0.25, 0.3) is 0 Å². The van der Waals surface area contributed by atoms with E-state index in [-0.39, 0.29) is 36.9 Å². The van der Waals surface area contributed by atoms with Crippen LogP contribution in [0.15, 0.2) is 34.9 Å². The minimum Gasteiger partial charge on any atom is -0.448 e. The summed E-state index contributed by atoms with van der Waals surface area (Å²) in [6.45, 7) is 5.57. The molecule has 2 amide bonds. The fourth-order valence-corrected chi connectivity index (χ4v) is 4.45. The maximum absolute atomic E-state index is 13.4. The summed E-state index contributed by atoms with van der Waals surface area (Å²) in [6, 6.07) is 4.58. The Morgan fingerprint density at radius 1 is 1.19 bits per heavy atom. The van der Waals surface area contributed by atoms with Crippen molar-refractivity contribution in [3.05, 3.63) is 53.2 Å². The van der Waals surface area contributed by atoms with Gasteiger partial charge in [0.2, 0.25) is 11.8 Å². The highest BCUT2D eigenvalue weighted by Gasteiger charge is 2.61. The van der Waals surface area contributed by atoms with Crippen molar-refractivity contribution in [3.8, 4) is 0 Å². The number of piperazine rings is 1.